The maximum atomic E-state index is 14.6. The number of ether oxygens (including phenoxy) is 1. The highest BCUT2D eigenvalue weighted by Gasteiger charge is 2.75. The van der Waals surface area contributed by atoms with E-state index in [1.807, 2.05) is 20.0 Å². The molecule has 0 bridgehead atoms. The summed E-state index contributed by atoms with van der Waals surface area (Å²) in [5.41, 5.74) is -1.65. The topological polar surface area (TPSA) is 98.5 Å². The largest absolute Gasteiger partial charge is 0.451 e. The number of carbonyl (C=O) groups is 3. The van der Waals surface area contributed by atoms with Gasteiger partial charge < -0.3 is 14.6 Å². The lowest BCUT2D eigenvalue weighted by atomic mass is 9.33. The summed E-state index contributed by atoms with van der Waals surface area (Å²) in [6, 6.07) is 0. The molecule has 7 nitrogen and oxygen atoms in total. The Morgan fingerprint density at radius 3 is 2.42 bits per heavy atom. The number of nitrogens with one attached hydrogen (secondary N) is 1. The molecule has 1 N–H and O–H groups in total. The highest BCUT2D eigenvalue weighted by molar-refractivity contribution is 6.64. The Bertz CT molecular complexity index is 1340. The van der Waals surface area contributed by atoms with Gasteiger partial charge in [0.2, 0.25) is 5.24 Å². The summed E-state index contributed by atoms with van der Waals surface area (Å²) in [5.74, 6) is 0.331. The molecule has 0 unspecified atom stereocenters. The maximum Gasteiger partial charge on any atom is 0.294 e. The number of hydrogen-bond donors (Lipinski definition) is 1. The molecule has 1 heterocycles. The molecule has 0 amide bonds. The third-order valence-corrected chi connectivity index (χ3v) is 13.8. The number of halogens is 1. The fourth-order valence-electron chi connectivity index (χ4n) is 11.0. The van der Waals surface area contributed by atoms with Crippen molar-refractivity contribution in [3.63, 3.8) is 0 Å². The van der Waals surface area contributed by atoms with Gasteiger partial charge in [-0.1, -0.05) is 45.3 Å². The molecule has 5 aliphatic rings. The van der Waals surface area contributed by atoms with Crippen LogP contribution >= 0.6 is 11.6 Å². The molecule has 0 radical (unpaired) electrons. The van der Waals surface area contributed by atoms with E-state index in [9.17, 15) is 14.4 Å². The van der Waals surface area contributed by atoms with Gasteiger partial charge in [0.25, 0.3) is 6.47 Å². The van der Waals surface area contributed by atoms with Gasteiger partial charge in [-0.25, -0.2) is 0 Å². The highest BCUT2D eigenvalue weighted by atomic mass is 35.5. The van der Waals surface area contributed by atoms with Crippen molar-refractivity contribution in [1.82, 2.24) is 10.5 Å². The first-order valence-corrected chi connectivity index (χ1v) is 15.2. The summed E-state index contributed by atoms with van der Waals surface area (Å²) in [6.45, 7) is 13.8. The lowest BCUT2D eigenvalue weighted by Gasteiger charge is -2.71. The van der Waals surface area contributed by atoms with Gasteiger partial charge in [0.05, 0.1) is 11.7 Å². The summed E-state index contributed by atoms with van der Waals surface area (Å²) in [6.07, 6.45) is 9.77. The molecule has 0 spiro atoms. The molecule has 3 saturated carbocycles. The fraction of sp³-hybridized carbons (Fsp3) is 0.750. The van der Waals surface area contributed by atoms with Crippen molar-refractivity contribution < 1.29 is 23.6 Å². The molecule has 8 atom stereocenters. The van der Waals surface area contributed by atoms with Crippen LogP contribution in [-0.2, 0) is 31.1 Å². The Morgan fingerprint density at radius 1 is 1.07 bits per heavy atom. The third-order valence-electron chi connectivity index (χ3n) is 13.4. The average molecular weight is 571 g/mol. The zero-order chi connectivity index (χ0) is 29.1. The Balaban J connectivity index is 1.56. The summed E-state index contributed by atoms with van der Waals surface area (Å²) >= 11 is 6.43. The van der Waals surface area contributed by atoms with Crippen molar-refractivity contribution in [2.75, 3.05) is 7.05 Å². The predicted molar refractivity (Wildman–Crippen MR) is 150 cm³/mol. The minimum atomic E-state index is -1.12. The van der Waals surface area contributed by atoms with E-state index in [2.05, 4.69) is 45.1 Å². The zero-order valence-corrected chi connectivity index (χ0v) is 25.7. The predicted octanol–water partition coefficient (Wildman–Crippen LogP) is 5.89. The van der Waals surface area contributed by atoms with Gasteiger partial charge in [-0.2, -0.15) is 0 Å². The Kier molecular flexibility index (Phi) is 5.84. The standard InChI is InChI=1S/C32H43ClN2O5/c1-26(2)8-11-31(25(33)38)12-9-28(4)23(20(31)16-26)21(37)14-22-27(28,3)10-13-32(34-7)29(22,5)15-19-17-35-40-24(19)30(32,6)39-18-36/h14,17-18,20,23,34H,8-13,15-16H2,1-7H3/t20-,23-,27+,28+,29+,30+,31-,32-/m0/s1. The second-order valence-electron chi connectivity index (χ2n) is 15.2. The molecule has 6 rings (SSSR count). The van der Waals surface area contributed by atoms with Crippen molar-refractivity contribution in [3.05, 3.63) is 29.2 Å². The summed E-state index contributed by atoms with van der Waals surface area (Å²) in [7, 11) is 1.91. The summed E-state index contributed by atoms with van der Waals surface area (Å²) in [5, 5.41) is 7.45. The van der Waals surface area contributed by atoms with E-state index in [-0.39, 0.29) is 39.1 Å². The van der Waals surface area contributed by atoms with Crippen molar-refractivity contribution in [3.8, 4) is 0 Å². The summed E-state index contributed by atoms with van der Waals surface area (Å²) in [4.78, 5) is 39.7. The second kappa shape index (κ2) is 8.31. The molecule has 40 heavy (non-hydrogen) atoms. The van der Waals surface area contributed by atoms with E-state index in [0.29, 0.717) is 25.1 Å². The molecular weight excluding hydrogens is 528 g/mol. The number of ketones is 1. The van der Waals surface area contributed by atoms with Gasteiger partial charge in [0.15, 0.2) is 17.1 Å². The lowest BCUT2D eigenvalue weighted by Crippen LogP contribution is -2.76. The Labute approximate surface area is 242 Å². The van der Waals surface area contributed by atoms with Gasteiger partial charge in [0, 0.05) is 22.3 Å². The summed E-state index contributed by atoms with van der Waals surface area (Å²) < 4.78 is 11.7. The monoisotopic (exact) mass is 570 g/mol. The number of nitrogens with zero attached hydrogens (tertiary/aromatic N) is 1. The van der Waals surface area contributed by atoms with Crippen LogP contribution in [0.15, 0.2) is 22.4 Å². The number of allylic oxidation sites excluding steroid dienone is 1. The van der Waals surface area contributed by atoms with Gasteiger partial charge >= 0.3 is 0 Å². The van der Waals surface area contributed by atoms with Crippen molar-refractivity contribution in [2.45, 2.75) is 104 Å². The van der Waals surface area contributed by atoms with Crippen LogP contribution in [0.2, 0.25) is 0 Å². The van der Waals surface area contributed by atoms with Crippen LogP contribution in [-0.4, -0.2) is 35.2 Å². The van der Waals surface area contributed by atoms with Gasteiger partial charge in [-0.3, -0.25) is 14.4 Å². The van der Waals surface area contributed by atoms with E-state index < -0.39 is 22.0 Å². The minimum Gasteiger partial charge on any atom is -0.451 e. The number of carbonyl (C=O) groups excluding carboxylic acids is 3. The van der Waals surface area contributed by atoms with Crippen molar-refractivity contribution >= 4 is 29.1 Å². The first-order valence-electron chi connectivity index (χ1n) is 14.8. The molecule has 1 aromatic heterocycles. The zero-order valence-electron chi connectivity index (χ0n) is 24.9. The first kappa shape index (κ1) is 28.1. The Hall–Kier alpha value is -1.99. The smallest absolute Gasteiger partial charge is 0.294 e. The maximum absolute atomic E-state index is 14.6. The van der Waals surface area contributed by atoms with Gasteiger partial charge in [-0.05, 0) is 105 Å². The third kappa shape index (κ3) is 3.01. The van der Waals surface area contributed by atoms with E-state index in [4.69, 9.17) is 20.9 Å². The number of rotatable bonds is 4. The van der Waals surface area contributed by atoms with E-state index in [0.717, 1.165) is 49.7 Å². The van der Waals surface area contributed by atoms with Crippen LogP contribution in [0.4, 0.5) is 0 Å². The molecule has 0 saturated heterocycles. The first-order chi connectivity index (χ1) is 18.6. The number of aromatic nitrogens is 1. The average Bonchev–Trinajstić information content (AvgIpc) is 3.34. The van der Waals surface area contributed by atoms with Crippen LogP contribution in [0.1, 0.15) is 97.8 Å². The minimum absolute atomic E-state index is 0.0474. The number of fused-ring (bicyclic) bond motifs is 8. The molecule has 218 valence electrons. The molecule has 8 heteroatoms. The number of likely N-dealkylation sites (N-methyl/N-ethyl adjacent to an activating group) is 1. The fourth-order valence-corrected chi connectivity index (χ4v) is 11.4. The van der Waals surface area contributed by atoms with E-state index >= 15 is 0 Å². The van der Waals surface area contributed by atoms with E-state index in [1.165, 1.54) is 0 Å². The van der Waals surface area contributed by atoms with Gasteiger partial charge in [0.1, 0.15) is 0 Å². The Morgan fingerprint density at radius 2 is 1.77 bits per heavy atom. The normalized spacial score (nSPS) is 47.0. The SMILES string of the molecule is CN[C@@]12CC[C@]3(C)C(=CC(=O)[C@@H]4[C@@H]5CC(C)(C)CC[C@]5(C(=O)Cl)CC[C@]43C)[C@@]1(C)Cc1cnoc1[C@@]2(C)OC=O. The van der Waals surface area contributed by atoms with Crippen LogP contribution in [0.3, 0.4) is 0 Å². The molecular formula is C32H43ClN2O5. The van der Waals surface area contributed by atoms with Crippen molar-refractivity contribution in [1.29, 1.82) is 0 Å². The van der Waals surface area contributed by atoms with Crippen LogP contribution in [0, 0.1) is 38.9 Å². The quantitative estimate of drug-likeness (QED) is 0.356. The van der Waals surface area contributed by atoms with Crippen LogP contribution in [0.5, 0.6) is 0 Å². The second-order valence-corrected chi connectivity index (χ2v) is 15.5. The van der Waals surface area contributed by atoms with Gasteiger partial charge in [-0.15, -0.1) is 0 Å². The van der Waals surface area contributed by atoms with Crippen molar-refractivity contribution in [2.24, 2.45) is 38.9 Å². The number of hydrogen-bond acceptors (Lipinski definition) is 7. The van der Waals surface area contributed by atoms with E-state index in [1.54, 1.807) is 6.20 Å². The molecule has 1 aromatic rings. The van der Waals surface area contributed by atoms with Crippen LogP contribution < -0.4 is 5.32 Å². The molecule has 0 aromatic carbocycles. The highest BCUT2D eigenvalue weighted by Crippen LogP contribution is 2.75. The molecule has 0 aliphatic heterocycles. The lowest BCUT2D eigenvalue weighted by molar-refractivity contribution is -0.198. The molecule has 3 fully saturated rings. The molecule has 5 aliphatic carbocycles. The van der Waals surface area contributed by atoms with Crippen LogP contribution in [0.25, 0.3) is 0 Å².